The van der Waals surface area contributed by atoms with Gasteiger partial charge in [0, 0.05) is 6.54 Å². The molecule has 4 heteroatoms. The molecule has 0 radical (unpaired) electrons. The molecule has 1 amide bonds. The topological polar surface area (TPSA) is 66.4 Å². The maximum absolute atomic E-state index is 11.9. The molecular weight excluding hydrogens is 278 g/mol. The lowest BCUT2D eigenvalue weighted by Gasteiger charge is -2.21. The van der Waals surface area contributed by atoms with Crippen LogP contribution in [0.1, 0.15) is 60.9 Å². The van der Waals surface area contributed by atoms with E-state index in [9.17, 15) is 9.59 Å². The van der Waals surface area contributed by atoms with Gasteiger partial charge in [-0.15, -0.1) is 0 Å². The average Bonchev–Trinajstić information content (AvgIpc) is 2.53. The quantitative estimate of drug-likeness (QED) is 0.759. The summed E-state index contributed by atoms with van der Waals surface area (Å²) in [5, 5.41) is 12.0. The predicted molar refractivity (Wildman–Crippen MR) is 85.9 cm³/mol. The van der Waals surface area contributed by atoms with Crippen molar-refractivity contribution in [1.82, 2.24) is 5.32 Å². The molecule has 1 saturated carbocycles. The van der Waals surface area contributed by atoms with Gasteiger partial charge in [0.1, 0.15) is 0 Å². The molecule has 0 atom stereocenters. The molecule has 1 aliphatic rings. The van der Waals surface area contributed by atoms with E-state index in [1.807, 2.05) is 0 Å². The first-order valence-electron chi connectivity index (χ1n) is 8.24. The van der Waals surface area contributed by atoms with Crippen molar-refractivity contribution in [2.75, 3.05) is 6.54 Å². The van der Waals surface area contributed by atoms with Crippen molar-refractivity contribution in [3.05, 3.63) is 35.4 Å². The van der Waals surface area contributed by atoms with E-state index in [1.165, 1.54) is 44.6 Å². The van der Waals surface area contributed by atoms with Crippen molar-refractivity contribution in [1.29, 1.82) is 0 Å². The van der Waals surface area contributed by atoms with Gasteiger partial charge in [0.25, 0.3) is 0 Å². The molecule has 22 heavy (non-hydrogen) atoms. The largest absolute Gasteiger partial charge is 0.478 e. The number of hydrogen-bond donors (Lipinski definition) is 2. The van der Waals surface area contributed by atoms with Crippen LogP contribution in [0.4, 0.5) is 0 Å². The molecule has 2 rings (SSSR count). The van der Waals surface area contributed by atoms with E-state index in [1.54, 1.807) is 18.2 Å². The third kappa shape index (κ3) is 5.17. The Morgan fingerprint density at radius 3 is 2.59 bits per heavy atom. The van der Waals surface area contributed by atoms with Crippen LogP contribution in [-0.2, 0) is 11.2 Å². The number of carbonyl (C=O) groups is 2. The lowest BCUT2D eigenvalue weighted by atomic mass is 9.86. The minimum Gasteiger partial charge on any atom is -0.478 e. The van der Waals surface area contributed by atoms with Gasteiger partial charge in [-0.25, -0.2) is 4.79 Å². The predicted octanol–water partition coefficient (Wildman–Crippen LogP) is 3.40. The number of carbonyl (C=O) groups excluding carboxylic acids is 1. The Bertz CT molecular complexity index is 507. The zero-order chi connectivity index (χ0) is 15.8. The number of rotatable bonds is 7. The maximum atomic E-state index is 11.9. The van der Waals surface area contributed by atoms with Crippen molar-refractivity contribution in [3.63, 3.8) is 0 Å². The Balaban J connectivity index is 1.70. The van der Waals surface area contributed by atoms with E-state index in [-0.39, 0.29) is 17.9 Å². The molecule has 0 aromatic heterocycles. The number of hydrogen-bond acceptors (Lipinski definition) is 2. The zero-order valence-electron chi connectivity index (χ0n) is 13.0. The monoisotopic (exact) mass is 303 g/mol. The van der Waals surface area contributed by atoms with Gasteiger partial charge in [0.2, 0.25) is 5.91 Å². The molecule has 0 heterocycles. The average molecular weight is 303 g/mol. The first-order chi connectivity index (χ1) is 10.7. The van der Waals surface area contributed by atoms with E-state index in [0.717, 1.165) is 12.3 Å². The molecule has 0 unspecified atom stereocenters. The van der Waals surface area contributed by atoms with Crippen LogP contribution in [-0.4, -0.2) is 23.5 Å². The van der Waals surface area contributed by atoms with Crippen molar-refractivity contribution in [2.45, 2.75) is 51.4 Å². The fraction of sp³-hybridized carbons (Fsp3) is 0.556. The molecule has 0 aliphatic heterocycles. The normalized spacial score (nSPS) is 15.5. The van der Waals surface area contributed by atoms with Crippen molar-refractivity contribution >= 4 is 11.9 Å². The van der Waals surface area contributed by atoms with E-state index in [2.05, 4.69) is 5.32 Å². The summed E-state index contributed by atoms with van der Waals surface area (Å²) in [7, 11) is 0. The Hall–Kier alpha value is -1.84. The summed E-state index contributed by atoms with van der Waals surface area (Å²) in [6.07, 6.45) is 9.07. The maximum Gasteiger partial charge on any atom is 0.335 e. The molecule has 1 aliphatic carbocycles. The Morgan fingerprint density at radius 1 is 1.14 bits per heavy atom. The highest BCUT2D eigenvalue weighted by molar-refractivity contribution is 5.91. The summed E-state index contributed by atoms with van der Waals surface area (Å²) in [6, 6.07) is 6.67. The van der Waals surface area contributed by atoms with Crippen LogP contribution in [0, 0.1) is 5.92 Å². The number of aromatic carboxylic acids is 1. The SMILES string of the molecule is O=C(Cc1ccccc1C(=O)O)NCCCC1CCCCC1. The summed E-state index contributed by atoms with van der Waals surface area (Å²) in [4.78, 5) is 23.0. The van der Waals surface area contributed by atoms with Crippen molar-refractivity contribution in [2.24, 2.45) is 5.92 Å². The molecule has 4 nitrogen and oxygen atoms in total. The molecule has 1 fully saturated rings. The van der Waals surface area contributed by atoms with Crippen LogP contribution < -0.4 is 5.32 Å². The Morgan fingerprint density at radius 2 is 1.86 bits per heavy atom. The smallest absolute Gasteiger partial charge is 0.335 e. The van der Waals surface area contributed by atoms with Crippen LogP contribution in [0.15, 0.2) is 24.3 Å². The number of benzene rings is 1. The van der Waals surface area contributed by atoms with Crippen molar-refractivity contribution < 1.29 is 14.7 Å². The van der Waals surface area contributed by atoms with Crippen LogP contribution in [0.2, 0.25) is 0 Å². The van der Waals surface area contributed by atoms with E-state index in [0.29, 0.717) is 12.1 Å². The molecule has 0 bridgehead atoms. The van der Waals surface area contributed by atoms with Gasteiger partial charge in [0.15, 0.2) is 0 Å². The summed E-state index contributed by atoms with van der Waals surface area (Å²) in [5.74, 6) is -0.253. The fourth-order valence-corrected chi connectivity index (χ4v) is 3.21. The van der Waals surface area contributed by atoms with Gasteiger partial charge in [-0.1, -0.05) is 50.3 Å². The van der Waals surface area contributed by atoms with Gasteiger partial charge in [-0.3, -0.25) is 4.79 Å². The Kier molecular flexibility index (Phi) is 6.44. The third-order valence-electron chi connectivity index (χ3n) is 4.43. The second-order valence-corrected chi connectivity index (χ2v) is 6.14. The summed E-state index contributed by atoms with van der Waals surface area (Å²) in [6.45, 7) is 0.685. The number of nitrogens with one attached hydrogen (secondary N) is 1. The molecule has 0 saturated heterocycles. The third-order valence-corrected chi connectivity index (χ3v) is 4.43. The lowest BCUT2D eigenvalue weighted by molar-refractivity contribution is -0.120. The molecule has 0 spiro atoms. The van der Waals surface area contributed by atoms with Gasteiger partial charge < -0.3 is 10.4 Å². The first-order valence-corrected chi connectivity index (χ1v) is 8.24. The van der Waals surface area contributed by atoms with Gasteiger partial charge in [-0.2, -0.15) is 0 Å². The number of amides is 1. The highest BCUT2D eigenvalue weighted by Crippen LogP contribution is 2.26. The van der Waals surface area contributed by atoms with Gasteiger partial charge in [0.05, 0.1) is 12.0 Å². The van der Waals surface area contributed by atoms with E-state index < -0.39 is 5.97 Å². The van der Waals surface area contributed by atoms with Crippen LogP contribution >= 0.6 is 0 Å². The summed E-state index contributed by atoms with van der Waals surface area (Å²) in [5.41, 5.74) is 0.777. The molecule has 2 N–H and O–H groups in total. The molecule has 1 aromatic rings. The lowest BCUT2D eigenvalue weighted by Crippen LogP contribution is -2.27. The van der Waals surface area contributed by atoms with Crippen LogP contribution in [0.25, 0.3) is 0 Å². The summed E-state index contributed by atoms with van der Waals surface area (Å²) < 4.78 is 0. The zero-order valence-corrected chi connectivity index (χ0v) is 13.0. The van der Waals surface area contributed by atoms with Crippen molar-refractivity contribution in [3.8, 4) is 0 Å². The molecule has 1 aromatic carbocycles. The minimum absolute atomic E-state index is 0.0997. The van der Waals surface area contributed by atoms with Gasteiger partial charge >= 0.3 is 5.97 Å². The van der Waals surface area contributed by atoms with Crippen LogP contribution in [0.3, 0.4) is 0 Å². The fourth-order valence-electron chi connectivity index (χ4n) is 3.21. The van der Waals surface area contributed by atoms with E-state index in [4.69, 9.17) is 5.11 Å². The number of carboxylic acids is 1. The summed E-state index contributed by atoms with van der Waals surface area (Å²) >= 11 is 0. The highest BCUT2D eigenvalue weighted by Gasteiger charge is 2.14. The molecule has 120 valence electrons. The first kappa shape index (κ1) is 16.5. The highest BCUT2D eigenvalue weighted by atomic mass is 16.4. The molecular formula is C18H25NO3. The Labute approximate surface area is 131 Å². The van der Waals surface area contributed by atoms with E-state index >= 15 is 0 Å². The van der Waals surface area contributed by atoms with Gasteiger partial charge in [-0.05, 0) is 30.4 Å². The minimum atomic E-state index is -0.985. The number of carboxylic acid groups (broad SMARTS) is 1. The van der Waals surface area contributed by atoms with Crippen LogP contribution in [0.5, 0.6) is 0 Å². The second kappa shape index (κ2) is 8.57. The standard InChI is InChI=1S/C18H25NO3/c20-17(13-15-10-4-5-11-16(15)18(21)22)19-12-6-9-14-7-2-1-3-8-14/h4-5,10-11,14H,1-3,6-9,12-13H2,(H,19,20)(H,21,22). The second-order valence-electron chi connectivity index (χ2n) is 6.14.